The normalized spacial score (nSPS) is 42.8. The number of ether oxygens (including phenoxy) is 1. The van der Waals surface area contributed by atoms with Crippen LogP contribution in [0.1, 0.15) is 39.0 Å². The second-order valence-electron chi connectivity index (χ2n) is 5.10. The standard InChI is InChI=1S/C12H23NO2/c1-9-5-3-2-4-6-10(9)13-11-7-15-8-12(11)14/h9-14H,2-8H2,1H3. The van der Waals surface area contributed by atoms with E-state index in [1.54, 1.807) is 0 Å². The molecule has 2 N–H and O–H groups in total. The molecule has 2 fully saturated rings. The molecule has 4 unspecified atom stereocenters. The molecule has 0 aromatic rings. The number of nitrogens with one attached hydrogen (secondary N) is 1. The molecule has 2 aliphatic rings. The maximum atomic E-state index is 9.69. The zero-order valence-corrected chi connectivity index (χ0v) is 9.61. The van der Waals surface area contributed by atoms with Crippen LogP contribution in [0.15, 0.2) is 0 Å². The van der Waals surface area contributed by atoms with Crippen molar-refractivity contribution in [1.82, 2.24) is 5.32 Å². The third-order valence-corrected chi connectivity index (χ3v) is 3.84. The number of hydrogen-bond acceptors (Lipinski definition) is 3. The van der Waals surface area contributed by atoms with E-state index in [1.807, 2.05) is 0 Å². The van der Waals surface area contributed by atoms with Crippen molar-refractivity contribution in [2.24, 2.45) is 5.92 Å². The van der Waals surface area contributed by atoms with Gasteiger partial charge in [0.15, 0.2) is 0 Å². The van der Waals surface area contributed by atoms with Gasteiger partial charge in [-0.05, 0) is 18.8 Å². The molecule has 0 aromatic heterocycles. The molecule has 3 heteroatoms. The fourth-order valence-electron chi connectivity index (χ4n) is 2.72. The van der Waals surface area contributed by atoms with Crippen LogP contribution >= 0.6 is 0 Å². The Balaban J connectivity index is 1.85. The molecule has 1 saturated carbocycles. The van der Waals surface area contributed by atoms with Gasteiger partial charge in [0.25, 0.3) is 0 Å². The average molecular weight is 213 g/mol. The summed E-state index contributed by atoms with van der Waals surface area (Å²) in [6, 6.07) is 0.740. The van der Waals surface area contributed by atoms with Crippen LogP contribution in [-0.4, -0.2) is 36.5 Å². The predicted octanol–water partition coefficient (Wildman–Crippen LogP) is 1.30. The third-order valence-electron chi connectivity index (χ3n) is 3.84. The van der Waals surface area contributed by atoms with Crippen molar-refractivity contribution in [3.63, 3.8) is 0 Å². The van der Waals surface area contributed by atoms with Gasteiger partial charge in [-0.1, -0.05) is 26.2 Å². The van der Waals surface area contributed by atoms with E-state index in [0.29, 0.717) is 19.3 Å². The number of aliphatic hydroxyl groups excluding tert-OH is 1. The fraction of sp³-hybridized carbons (Fsp3) is 1.00. The van der Waals surface area contributed by atoms with Crippen molar-refractivity contribution in [1.29, 1.82) is 0 Å². The molecule has 15 heavy (non-hydrogen) atoms. The van der Waals surface area contributed by atoms with E-state index in [0.717, 1.165) is 5.92 Å². The maximum absolute atomic E-state index is 9.69. The first-order chi connectivity index (χ1) is 7.27. The summed E-state index contributed by atoms with van der Waals surface area (Å²) in [5.41, 5.74) is 0. The summed E-state index contributed by atoms with van der Waals surface area (Å²) >= 11 is 0. The molecule has 1 aliphatic carbocycles. The molecule has 1 saturated heterocycles. The van der Waals surface area contributed by atoms with Gasteiger partial charge >= 0.3 is 0 Å². The Kier molecular flexibility index (Phi) is 4.00. The second-order valence-corrected chi connectivity index (χ2v) is 5.10. The van der Waals surface area contributed by atoms with Gasteiger partial charge in [0.1, 0.15) is 0 Å². The molecule has 2 rings (SSSR count). The highest BCUT2D eigenvalue weighted by Gasteiger charge is 2.30. The van der Waals surface area contributed by atoms with E-state index in [9.17, 15) is 5.11 Å². The molecule has 0 spiro atoms. The molecular weight excluding hydrogens is 190 g/mol. The van der Waals surface area contributed by atoms with Gasteiger partial charge in [-0.2, -0.15) is 0 Å². The summed E-state index contributed by atoms with van der Waals surface area (Å²) in [6.07, 6.45) is 6.33. The summed E-state index contributed by atoms with van der Waals surface area (Å²) in [5, 5.41) is 13.3. The van der Waals surface area contributed by atoms with Crippen molar-refractivity contribution >= 4 is 0 Å². The third kappa shape index (κ3) is 2.92. The van der Waals surface area contributed by atoms with Crippen molar-refractivity contribution in [3.8, 4) is 0 Å². The molecule has 0 amide bonds. The van der Waals surface area contributed by atoms with Gasteiger partial charge in [0.2, 0.25) is 0 Å². The zero-order valence-electron chi connectivity index (χ0n) is 9.61. The lowest BCUT2D eigenvalue weighted by Crippen LogP contribution is -2.47. The lowest BCUT2D eigenvalue weighted by Gasteiger charge is -2.27. The Morgan fingerprint density at radius 1 is 1.07 bits per heavy atom. The summed E-state index contributed by atoms with van der Waals surface area (Å²) < 4.78 is 5.26. The monoisotopic (exact) mass is 213 g/mol. The van der Waals surface area contributed by atoms with Gasteiger partial charge in [-0.15, -0.1) is 0 Å². The zero-order chi connectivity index (χ0) is 10.7. The average Bonchev–Trinajstić information content (AvgIpc) is 2.50. The lowest BCUT2D eigenvalue weighted by molar-refractivity contribution is 0.119. The topological polar surface area (TPSA) is 41.5 Å². The van der Waals surface area contributed by atoms with Gasteiger partial charge < -0.3 is 15.2 Å². The van der Waals surface area contributed by atoms with Crippen LogP contribution in [0.5, 0.6) is 0 Å². The molecule has 0 radical (unpaired) electrons. The Morgan fingerprint density at radius 3 is 2.60 bits per heavy atom. The molecule has 3 nitrogen and oxygen atoms in total. The Morgan fingerprint density at radius 2 is 1.87 bits per heavy atom. The van der Waals surface area contributed by atoms with E-state index >= 15 is 0 Å². The van der Waals surface area contributed by atoms with E-state index in [2.05, 4.69) is 12.2 Å². The van der Waals surface area contributed by atoms with Crippen LogP contribution < -0.4 is 5.32 Å². The Labute approximate surface area is 92.2 Å². The minimum absolute atomic E-state index is 0.163. The van der Waals surface area contributed by atoms with E-state index in [-0.39, 0.29) is 12.1 Å². The smallest absolute Gasteiger partial charge is 0.0948 e. The van der Waals surface area contributed by atoms with Gasteiger partial charge in [-0.25, -0.2) is 0 Å². The lowest BCUT2D eigenvalue weighted by atomic mass is 9.96. The van der Waals surface area contributed by atoms with Crippen LogP contribution in [0.2, 0.25) is 0 Å². The van der Waals surface area contributed by atoms with E-state index in [4.69, 9.17) is 4.74 Å². The summed E-state index contributed by atoms with van der Waals surface area (Å²) in [5.74, 6) is 0.736. The molecular formula is C12H23NO2. The fourth-order valence-corrected chi connectivity index (χ4v) is 2.72. The van der Waals surface area contributed by atoms with E-state index < -0.39 is 0 Å². The quantitative estimate of drug-likeness (QED) is 0.679. The summed E-state index contributed by atoms with van der Waals surface area (Å²) in [4.78, 5) is 0. The molecule has 4 atom stereocenters. The number of aliphatic hydroxyl groups is 1. The van der Waals surface area contributed by atoms with Crippen molar-refractivity contribution in [3.05, 3.63) is 0 Å². The molecule has 0 bridgehead atoms. The predicted molar refractivity (Wildman–Crippen MR) is 59.8 cm³/mol. The van der Waals surface area contributed by atoms with Crippen LogP contribution in [0.25, 0.3) is 0 Å². The first kappa shape index (κ1) is 11.4. The van der Waals surface area contributed by atoms with E-state index in [1.165, 1.54) is 32.1 Å². The first-order valence-corrected chi connectivity index (χ1v) is 6.29. The second kappa shape index (κ2) is 5.28. The maximum Gasteiger partial charge on any atom is 0.0948 e. The SMILES string of the molecule is CC1CCCCCC1NC1COCC1O. The Hall–Kier alpha value is -0.120. The van der Waals surface area contributed by atoms with Crippen molar-refractivity contribution in [2.45, 2.75) is 57.2 Å². The van der Waals surface area contributed by atoms with Gasteiger partial charge in [-0.3, -0.25) is 0 Å². The van der Waals surface area contributed by atoms with Crippen molar-refractivity contribution in [2.75, 3.05) is 13.2 Å². The van der Waals surface area contributed by atoms with Crippen LogP contribution in [0.3, 0.4) is 0 Å². The Bertz CT molecular complexity index is 198. The summed E-state index contributed by atoms with van der Waals surface area (Å²) in [7, 11) is 0. The minimum atomic E-state index is -0.305. The number of hydrogen-bond donors (Lipinski definition) is 2. The van der Waals surface area contributed by atoms with Gasteiger partial charge in [0, 0.05) is 6.04 Å². The molecule has 1 aliphatic heterocycles. The molecule has 1 heterocycles. The highest BCUT2D eigenvalue weighted by molar-refractivity contribution is 4.86. The summed E-state index contributed by atoms with van der Waals surface area (Å²) in [6.45, 7) is 3.49. The van der Waals surface area contributed by atoms with Crippen LogP contribution in [-0.2, 0) is 4.74 Å². The minimum Gasteiger partial charge on any atom is -0.389 e. The number of rotatable bonds is 2. The van der Waals surface area contributed by atoms with Crippen LogP contribution in [0, 0.1) is 5.92 Å². The van der Waals surface area contributed by atoms with Gasteiger partial charge in [0.05, 0.1) is 25.4 Å². The molecule has 88 valence electrons. The highest BCUT2D eigenvalue weighted by Crippen LogP contribution is 2.24. The largest absolute Gasteiger partial charge is 0.389 e. The first-order valence-electron chi connectivity index (χ1n) is 6.29. The van der Waals surface area contributed by atoms with Crippen molar-refractivity contribution < 1.29 is 9.84 Å². The molecule has 0 aromatic carbocycles. The highest BCUT2D eigenvalue weighted by atomic mass is 16.5. The van der Waals surface area contributed by atoms with Crippen LogP contribution in [0.4, 0.5) is 0 Å².